The Morgan fingerprint density at radius 1 is 0.389 bits per heavy atom. The number of hydrogen-bond donors (Lipinski definition) is 0. The third kappa shape index (κ3) is 4.76. The van der Waals surface area contributed by atoms with Gasteiger partial charge in [-0.15, -0.1) is 0 Å². The van der Waals surface area contributed by atoms with E-state index in [0.717, 1.165) is 82.6 Å². The number of furan rings is 1. The van der Waals surface area contributed by atoms with Crippen molar-refractivity contribution in [1.29, 1.82) is 0 Å². The molecule has 0 unspecified atom stereocenters. The first-order valence-corrected chi connectivity index (χ1v) is 18.1. The summed E-state index contributed by atoms with van der Waals surface area (Å²) in [4.78, 5) is 15.6. The zero-order valence-corrected chi connectivity index (χ0v) is 29.0. The van der Waals surface area contributed by atoms with E-state index in [1.165, 1.54) is 5.39 Å². The molecule has 5 heteroatoms. The molecule has 8 aromatic carbocycles. The fourth-order valence-electron chi connectivity index (χ4n) is 8.04. The summed E-state index contributed by atoms with van der Waals surface area (Å²) >= 11 is 0. The topological polar surface area (TPSA) is 56.7 Å². The van der Waals surface area contributed by atoms with E-state index in [1.54, 1.807) is 0 Å². The second kappa shape index (κ2) is 12.1. The van der Waals surface area contributed by atoms with E-state index >= 15 is 0 Å². The molecule has 11 rings (SSSR count). The van der Waals surface area contributed by atoms with Gasteiger partial charge in [-0.25, -0.2) is 15.0 Å². The van der Waals surface area contributed by atoms with E-state index in [9.17, 15) is 0 Å². The molecule has 0 fully saturated rings. The zero-order chi connectivity index (χ0) is 35.6. The second-order valence-corrected chi connectivity index (χ2v) is 13.6. The molecule has 0 aliphatic carbocycles. The van der Waals surface area contributed by atoms with Crippen molar-refractivity contribution in [2.24, 2.45) is 0 Å². The zero-order valence-electron chi connectivity index (χ0n) is 29.0. The molecule has 0 atom stereocenters. The Kier molecular flexibility index (Phi) is 6.79. The Balaban J connectivity index is 1.13. The van der Waals surface area contributed by atoms with Crippen LogP contribution in [0, 0.1) is 0 Å². The smallest absolute Gasteiger partial charge is 0.166 e. The lowest BCUT2D eigenvalue weighted by Gasteiger charge is -2.13. The van der Waals surface area contributed by atoms with Crippen molar-refractivity contribution in [2.75, 3.05) is 0 Å². The summed E-state index contributed by atoms with van der Waals surface area (Å²) in [6.45, 7) is 0. The van der Waals surface area contributed by atoms with Crippen LogP contribution in [-0.4, -0.2) is 19.5 Å². The minimum atomic E-state index is 0.619. The summed E-state index contributed by atoms with van der Waals surface area (Å²) in [7, 11) is 0. The van der Waals surface area contributed by atoms with Gasteiger partial charge in [0.1, 0.15) is 11.2 Å². The summed E-state index contributed by atoms with van der Waals surface area (Å²) in [5.41, 5.74) is 10.1. The molecule has 0 N–H and O–H groups in total. The van der Waals surface area contributed by atoms with Crippen LogP contribution < -0.4 is 0 Å². The highest BCUT2D eigenvalue weighted by Crippen LogP contribution is 2.41. The third-order valence-electron chi connectivity index (χ3n) is 10.4. The summed E-state index contributed by atoms with van der Waals surface area (Å²) in [6.07, 6.45) is 0. The van der Waals surface area contributed by atoms with Gasteiger partial charge in [-0.05, 0) is 64.4 Å². The van der Waals surface area contributed by atoms with Crippen molar-refractivity contribution in [3.63, 3.8) is 0 Å². The molecule has 0 aliphatic heterocycles. The molecule has 0 bridgehead atoms. The van der Waals surface area contributed by atoms with Gasteiger partial charge in [0, 0.05) is 43.9 Å². The number of para-hydroxylation sites is 4. The number of hydrogen-bond acceptors (Lipinski definition) is 4. The average molecular weight is 691 g/mol. The molecule has 11 aromatic rings. The van der Waals surface area contributed by atoms with Crippen molar-refractivity contribution in [2.45, 2.75) is 0 Å². The summed E-state index contributed by atoms with van der Waals surface area (Å²) in [5, 5.41) is 6.82. The summed E-state index contributed by atoms with van der Waals surface area (Å²) in [5.74, 6) is 1.87. The SMILES string of the molecule is c1ccc(-c2nc(-c3ccc4c(-c5cccc6oc7ccccc7c56)cccc4c3)nc(-c3cccc4c5ccccc5n(-c5ccccc5)c34)n2)cc1. The number of nitrogens with zero attached hydrogens (tertiary/aromatic N) is 4. The van der Waals surface area contributed by atoms with E-state index in [-0.39, 0.29) is 0 Å². The van der Waals surface area contributed by atoms with Gasteiger partial charge in [0.15, 0.2) is 17.5 Å². The van der Waals surface area contributed by atoms with Crippen LogP contribution in [0.15, 0.2) is 186 Å². The van der Waals surface area contributed by atoms with Gasteiger partial charge in [0.2, 0.25) is 0 Å². The van der Waals surface area contributed by atoms with E-state index in [2.05, 4.69) is 150 Å². The molecule has 252 valence electrons. The highest BCUT2D eigenvalue weighted by molar-refractivity contribution is 6.16. The number of aromatic nitrogens is 4. The fraction of sp³-hybridized carbons (Fsp3) is 0. The van der Waals surface area contributed by atoms with Crippen molar-refractivity contribution >= 4 is 54.5 Å². The van der Waals surface area contributed by atoms with Crippen molar-refractivity contribution in [3.05, 3.63) is 182 Å². The van der Waals surface area contributed by atoms with Crippen LogP contribution in [0.1, 0.15) is 0 Å². The van der Waals surface area contributed by atoms with E-state index in [4.69, 9.17) is 19.4 Å². The van der Waals surface area contributed by atoms with Crippen LogP contribution in [-0.2, 0) is 0 Å². The maximum Gasteiger partial charge on any atom is 0.166 e. The second-order valence-electron chi connectivity index (χ2n) is 13.6. The van der Waals surface area contributed by atoms with Gasteiger partial charge < -0.3 is 8.98 Å². The molecule has 0 aliphatic rings. The minimum Gasteiger partial charge on any atom is -0.456 e. The lowest BCUT2D eigenvalue weighted by atomic mass is 9.94. The van der Waals surface area contributed by atoms with Crippen molar-refractivity contribution < 1.29 is 4.42 Å². The van der Waals surface area contributed by atoms with Crippen LogP contribution in [0.5, 0.6) is 0 Å². The van der Waals surface area contributed by atoms with Crippen molar-refractivity contribution in [3.8, 4) is 51.0 Å². The van der Waals surface area contributed by atoms with Gasteiger partial charge in [-0.1, -0.05) is 140 Å². The molecule has 0 amide bonds. The quantitative estimate of drug-likeness (QED) is 0.180. The van der Waals surface area contributed by atoms with Gasteiger partial charge in [-0.3, -0.25) is 0 Å². The molecule has 0 saturated heterocycles. The van der Waals surface area contributed by atoms with Crippen LogP contribution >= 0.6 is 0 Å². The van der Waals surface area contributed by atoms with Crippen LogP contribution in [0.25, 0.3) is 105 Å². The first kappa shape index (κ1) is 30.3. The normalized spacial score (nSPS) is 11.7. The molecule has 5 nitrogen and oxygen atoms in total. The Labute approximate surface area is 310 Å². The highest BCUT2D eigenvalue weighted by Gasteiger charge is 2.20. The molecule has 0 saturated carbocycles. The lowest BCUT2D eigenvalue weighted by molar-refractivity contribution is 0.669. The maximum atomic E-state index is 6.25. The van der Waals surface area contributed by atoms with Crippen molar-refractivity contribution in [1.82, 2.24) is 19.5 Å². The van der Waals surface area contributed by atoms with Crippen LogP contribution in [0.3, 0.4) is 0 Å². The molecular weight excluding hydrogens is 661 g/mol. The Morgan fingerprint density at radius 3 is 1.89 bits per heavy atom. The standard InChI is InChI=1S/C49H30N4O/c1-3-14-31(15-4-1)47-50-48(52-49(51-47)41-24-12-23-39-37-19-7-9-25-42(37)53(46(39)41)34-17-5-2-6-18-34)33-28-29-35-32(30-33)16-11-21-36(35)38-22-13-27-44-45(38)40-20-8-10-26-43(40)54-44/h1-30H. The summed E-state index contributed by atoms with van der Waals surface area (Å²) in [6, 6.07) is 63.2. The summed E-state index contributed by atoms with van der Waals surface area (Å²) < 4.78 is 8.58. The van der Waals surface area contributed by atoms with Gasteiger partial charge >= 0.3 is 0 Å². The molecular formula is C49H30N4O. The largest absolute Gasteiger partial charge is 0.456 e. The Morgan fingerprint density at radius 2 is 1.02 bits per heavy atom. The Hall–Kier alpha value is -7.37. The minimum absolute atomic E-state index is 0.619. The average Bonchev–Trinajstić information content (AvgIpc) is 3.80. The molecule has 0 radical (unpaired) electrons. The molecule has 54 heavy (non-hydrogen) atoms. The molecule has 3 aromatic heterocycles. The number of benzene rings is 8. The van der Waals surface area contributed by atoms with E-state index in [0.29, 0.717) is 17.5 Å². The van der Waals surface area contributed by atoms with Crippen LogP contribution in [0.4, 0.5) is 0 Å². The Bertz CT molecular complexity index is 3220. The van der Waals surface area contributed by atoms with Gasteiger partial charge in [0.25, 0.3) is 0 Å². The third-order valence-corrected chi connectivity index (χ3v) is 10.4. The predicted octanol–water partition coefficient (Wildman–Crippen LogP) is 12.7. The fourth-order valence-corrected chi connectivity index (χ4v) is 8.04. The first-order chi connectivity index (χ1) is 26.8. The first-order valence-electron chi connectivity index (χ1n) is 18.1. The molecule has 3 heterocycles. The van der Waals surface area contributed by atoms with E-state index in [1.807, 2.05) is 36.4 Å². The lowest BCUT2D eigenvalue weighted by Crippen LogP contribution is -2.02. The van der Waals surface area contributed by atoms with Crippen LogP contribution in [0.2, 0.25) is 0 Å². The number of fused-ring (bicyclic) bond motifs is 7. The van der Waals surface area contributed by atoms with Gasteiger partial charge in [-0.2, -0.15) is 0 Å². The maximum absolute atomic E-state index is 6.25. The molecule has 0 spiro atoms. The predicted molar refractivity (Wildman–Crippen MR) is 221 cm³/mol. The van der Waals surface area contributed by atoms with Gasteiger partial charge in [0.05, 0.1) is 11.0 Å². The highest BCUT2D eigenvalue weighted by atomic mass is 16.3. The van der Waals surface area contributed by atoms with E-state index < -0.39 is 0 Å². The number of rotatable bonds is 5. The monoisotopic (exact) mass is 690 g/mol.